The first kappa shape index (κ1) is 18.0. The molecule has 2 rings (SSSR count). The third-order valence-corrected chi connectivity index (χ3v) is 3.88. The van der Waals surface area contributed by atoms with Gasteiger partial charge in [0.1, 0.15) is 11.3 Å². The molecule has 6 nitrogen and oxygen atoms in total. The summed E-state index contributed by atoms with van der Waals surface area (Å²) in [6, 6.07) is 4.86. The molecule has 0 unspecified atom stereocenters. The average Bonchev–Trinajstić information content (AvgIpc) is 2.49. The lowest BCUT2D eigenvalue weighted by molar-refractivity contribution is -0.122. The summed E-state index contributed by atoms with van der Waals surface area (Å²) >= 11 is 0. The lowest BCUT2D eigenvalue weighted by Crippen LogP contribution is -2.39. The van der Waals surface area contributed by atoms with Gasteiger partial charge in [-0.3, -0.25) is 9.69 Å². The third-order valence-electron chi connectivity index (χ3n) is 3.88. The number of phenols is 1. The number of carbonyl (C=O) groups is 1. The molecule has 1 aromatic heterocycles. The number of hydrogen-bond donors (Lipinski definition) is 2. The van der Waals surface area contributed by atoms with E-state index >= 15 is 0 Å². The molecule has 2 aromatic rings. The monoisotopic (exact) mass is 332 g/mol. The molecule has 0 bridgehead atoms. The maximum absolute atomic E-state index is 12.0. The van der Waals surface area contributed by atoms with Crippen LogP contribution in [0, 0.1) is 6.92 Å². The van der Waals surface area contributed by atoms with E-state index < -0.39 is 5.63 Å². The van der Waals surface area contributed by atoms with Gasteiger partial charge in [0.2, 0.25) is 5.91 Å². The Balaban J connectivity index is 2.32. The van der Waals surface area contributed by atoms with Gasteiger partial charge in [-0.2, -0.15) is 0 Å². The standard InChI is InChI=1S/C18H24N2O4/c1-5-20(10-16(22)19-11(2)3)9-13-8-17(23)24-18-12(4)15(21)7-6-14(13)18/h6-8,11,21H,5,9-10H2,1-4H3,(H,19,22). The van der Waals surface area contributed by atoms with Crippen molar-refractivity contribution >= 4 is 16.9 Å². The predicted molar refractivity (Wildman–Crippen MR) is 93.1 cm³/mol. The highest BCUT2D eigenvalue weighted by Gasteiger charge is 2.15. The minimum atomic E-state index is -0.464. The number of rotatable bonds is 6. The zero-order valence-corrected chi connectivity index (χ0v) is 14.5. The molecule has 0 saturated heterocycles. The second-order valence-electron chi connectivity index (χ2n) is 6.20. The normalized spacial score (nSPS) is 11.4. The van der Waals surface area contributed by atoms with Crippen LogP contribution in [0.5, 0.6) is 5.75 Å². The number of benzene rings is 1. The van der Waals surface area contributed by atoms with Gasteiger partial charge in [0, 0.05) is 29.6 Å². The fraction of sp³-hybridized carbons (Fsp3) is 0.444. The number of likely N-dealkylation sites (N-methyl/N-ethyl adjacent to an activating group) is 1. The number of aromatic hydroxyl groups is 1. The Hall–Kier alpha value is -2.34. The molecular formula is C18H24N2O4. The molecule has 0 atom stereocenters. The largest absolute Gasteiger partial charge is 0.508 e. The first-order chi connectivity index (χ1) is 11.3. The Kier molecular flexibility index (Phi) is 5.62. The van der Waals surface area contributed by atoms with E-state index in [9.17, 15) is 14.7 Å². The van der Waals surface area contributed by atoms with Crippen LogP contribution in [0.15, 0.2) is 27.4 Å². The smallest absolute Gasteiger partial charge is 0.336 e. The molecule has 0 aliphatic rings. The van der Waals surface area contributed by atoms with Crippen molar-refractivity contribution in [3.05, 3.63) is 39.7 Å². The minimum Gasteiger partial charge on any atom is -0.508 e. The molecule has 0 fully saturated rings. The Morgan fingerprint density at radius 1 is 1.38 bits per heavy atom. The maximum atomic E-state index is 12.0. The molecule has 1 aromatic carbocycles. The van der Waals surface area contributed by atoms with Gasteiger partial charge in [-0.1, -0.05) is 6.92 Å². The molecule has 0 spiro atoms. The molecule has 1 amide bonds. The molecule has 1 heterocycles. The van der Waals surface area contributed by atoms with Gasteiger partial charge in [-0.05, 0) is 45.0 Å². The maximum Gasteiger partial charge on any atom is 0.336 e. The summed E-state index contributed by atoms with van der Waals surface area (Å²) in [6.07, 6.45) is 0. The molecule has 0 saturated carbocycles. The van der Waals surface area contributed by atoms with Crippen LogP contribution in [-0.4, -0.2) is 35.0 Å². The number of nitrogens with one attached hydrogen (secondary N) is 1. The van der Waals surface area contributed by atoms with Crippen molar-refractivity contribution in [2.24, 2.45) is 0 Å². The van der Waals surface area contributed by atoms with Gasteiger partial charge < -0.3 is 14.8 Å². The number of phenolic OH excluding ortho intramolecular Hbond substituents is 1. The number of hydrogen-bond acceptors (Lipinski definition) is 5. The number of amides is 1. The Labute approximate surface area is 141 Å². The van der Waals surface area contributed by atoms with E-state index in [1.165, 1.54) is 6.07 Å². The Morgan fingerprint density at radius 2 is 2.08 bits per heavy atom. The van der Waals surface area contributed by atoms with Crippen LogP contribution in [-0.2, 0) is 11.3 Å². The van der Waals surface area contributed by atoms with E-state index in [-0.39, 0.29) is 24.2 Å². The second kappa shape index (κ2) is 7.49. The molecule has 0 radical (unpaired) electrons. The van der Waals surface area contributed by atoms with Gasteiger partial charge in [-0.25, -0.2) is 4.79 Å². The van der Waals surface area contributed by atoms with Crippen LogP contribution in [0.4, 0.5) is 0 Å². The molecule has 0 aliphatic heterocycles. The molecule has 130 valence electrons. The summed E-state index contributed by atoms with van der Waals surface area (Å²) in [4.78, 5) is 25.8. The fourth-order valence-electron chi connectivity index (χ4n) is 2.64. The quantitative estimate of drug-likeness (QED) is 0.792. The van der Waals surface area contributed by atoms with Crippen molar-refractivity contribution in [1.82, 2.24) is 10.2 Å². The zero-order valence-electron chi connectivity index (χ0n) is 14.5. The number of nitrogens with zero attached hydrogens (tertiary/aromatic N) is 1. The van der Waals surface area contributed by atoms with Crippen molar-refractivity contribution in [2.45, 2.75) is 40.3 Å². The van der Waals surface area contributed by atoms with E-state index in [0.717, 1.165) is 10.9 Å². The van der Waals surface area contributed by atoms with Gasteiger partial charge in [0.25, 0.3) is 0 Å². The summed E-state index contributed by atoms with van der Waals surface area (Å²) in [5.41, 5.74) is 1.24. The van der Waals surface area contributed by atoms with Crippen LogP contribution < -0.4 is 10.9 Å². The highest BCUT2D eigenvalue weighted by Crippen LogP contribution is 2.27. The van der Waals surface area contributed by atoms with Crippen LogP contribution in [0.2, 0.25) is 0 Å². The first-order valence-electron chi connectivity index (χ1n) is 8.08. The summed E-state index contributed by atoms with van der Waals surface area (Å²) in [5.74, 6) is 0.0411. The summed E-state index contributed by atoms with van der Waals surface area (Å²) in [6.45, 7) is 8.89. The molecular weight excluding hydrogens is 308 g/mol. The molecule has 0 aliphatic carbocycles. The SMILES string of the molecule is CCN(CC(=O)NC(C)C)Cc1cc(=O)oc2c(C)c(O)ccc12. The highest BCUT2D eigenvalue weighted by atomic mass is 16.4. The van der Waals surface area contributed by atoms with Crippen molar-refractivity contribution in [3.8, 4) is 5.75 Å². The molecule has 6 heteroatoms. The van der Waals surface area contributed by atoms with E-state index in [4.69, 9.17) is 4.42 Å². The van der Waals surface area contributed by atoms with Gasteiger partial charge in [0.05, 0.1) is 6.54 Å². The number of aryl methyl sites for hydroxylation is 1. The summed E-state index contributed by atoms with van der Waals surface area (Å²) < 4.78 is 5.25. The lowest BCUT2D eigenvalue weighted by atomic mass is 10.1. The third kappa shape index (κ3) is 4.14. The zero-order chi connectivity index (χ0) is 17.9. The van der Waals surface area contributed by atoms with Crippen LogP contribution in [0.1, 0.15) is 31.9 Å². The van der Waals surface area contributed by atoms with Crippen LogP contribution in [0.3, 0.4) is 0 Å². The van der Waals surface area contributed by atoms with E-state index in [1.807, 2.05) is 25.7 Å². The second-order valence-corrected chi connectivity index (χ2v) is 6.20. The lowest BCUT2D eigenvalue weighted by Gasteiger charge is -2.21. The highest BCUT2D eigenvalue weighted by molar-refractivity contribution is 5.85. The molecule has 2 N–H and O–H groups in total. The Morgan fingerprint density at radius 3 is 2.71 bits per heavy atom. The van der Waals surface area contributed by atoms with Crippen molar-refractivity contribution in [3.63, 3.8) is 0 Å². The van der Waals surface area contributed by atoms with E-state index in [1.54, 1.807) is 19.1 Å². The minimum absolute atomic E-state index is 0.0482. The first-order valence-corrected chi connectivity index (χ1v) is 8.08. The Bertz CT molecular complexity index is 795. The van der Waals surface area contributed by atoms with Gasteiger partial charge in [-0.15, -0.1) is 0 Å². The van der Waals surface area contributed by atoms with E-state index in [2.05, 4.69) is 5.32 Å². The predicted octanol–water partition coefficient (Wildman–Crippen LogP) is 2.15. The van der Waals surface area contributed by atoms with Gasteiger partial charge in [0.15, 0.2) is 0 Å². The van der Waals surface area contributed by atoms with Gasteiger partial charge >= 0.3 is 5.63 Å². The summed E-state index contributed by atoms with van der Waals surface area (Å²) in [7, 11) is 0. The average molecular weight is 332 g/mol. The van der Waals surface area contributed by atoms with E-state index in [0.29, 0.717) is 24.2 Å². The van der Waals surface area contributed by atoms with Crippen LogP contribution >= 0.6 is 0 Å². The topological polar surface area (TPSA) is 82.8 Å². The van der Waals surface area contributed by atoms with Crippen molar-refractivity contribution < 1.29 is 14.3 Å². The number of fused-ring (bicyclic) bond motifs is 1. The fourth-order valence-corrected chi connectivity index (χ4v) is 2.64. The summed E-state index contributed by atoms with van der Waals surface area (Å²) in [5, 5.41) is 13.4. The molecule has 24 heavy (non-hydrogen) atoms. The van der Waals surface area contributed by atoms with Crippen molar-refractivity contribution in [2.75, 3.05) is 13.1 Å². The number of carbonyl (C=O) groups excluding carboxylic acids is 1. The van der Waals surface area contributed by atoms with Crippen LogP contribution in [0.25, 0.3) is 11.0 Å². The van der Waals surface area contributed by atoms with Crippen molar-refractivity contribution in [1.29, 1.82) is 0 Å².